The number of hydrogen-bond donors (Lipinski definition) is 1. The third-order valence-corrected chi connectivity index (χ3v) is 3.10. The van der Waals surface area contributed by atoms with Crippen molar-refractivity contribution < 1.29 is 4.79 Å². The highest BCUT2D eigenvalue weighted by Gasteiger charge is 2.41. The molecule has 0 heterocycles. The number of fused-ring (bicyclic) bond motifs is 2. The number of rotatable bonds is 1. The van der Waals surface area contributed by atoms with E-state index in [-0.39, 0.29) is 24.2 Å². The van der Waals surface area contributed by atoms with E-state index in [1.165, 1.54) is 19.3 Å². The number of hydrogen-bond acceptors (Lipinski definition) is 1. The lowest BCUT2D eigenvalue weighted by Crippen LogP contribution is -2.27. The number of halogens is 1. The number of primary amides is 1. The molecular formula is C8H14ClNO. The Bertz CT molecular complexity index is 171. The van der Waals surface area contributed by atoms with Crippen LogP contribution in [0, 0.1) is 17.8 Å². The maximum Gasteiger partial charge on any atom is 0.220 e. The van der Waals surface area contributed by atoms with Crippen molar-refractivity contribution >= 4 is 18.3 Å². The maximum atomic E-state index is 10.8. The predicted molar refractivity (Wildman–Crippen MR) is 45.4 cm³/mol. The Balaban J connectivity index is 0.000000605. The van der Waals surface area contributed by atoms with E-state index < -0.39 is 0 Å². The zero-order chi connectivity index (χ0) is 7.14. The van der Waals surface area contributed by atoms with Crippen LogP contribution in [0.1, 0.15) is 25.7 Å². The average molecular weight is 176 g/mol. The lowest BCUT2D eigenvalue weighted by Gasteiger charge is -2.17. The molecule has 0 aromatic heterocycles. The lowest BCUT2D eigenvalue weighted by molar-refractivity contribution is -0.123. The summed E-state index contributed by atoms with van der Waals surface area (Å²) in [4.78, 5) is 10.8. The minimum atomic E-state index is -0.0628. The third kappa shape index (κ3) is 1.36. The van der Waals surface area contributed by atoms with Gasteiger partial charge in [0.1, 0.15) is 0 Å². The van der Waals surface area contributed by atoms with E-state index in [4.69, 9.17) is 5.73 Å². The van der Waals surface area contributed by atoms with Crippen molar-refractivity contribution in [2.75, 3.05) is 0 Å². The molecule has 0 spiro atoms. The summed E-state index contributed by atoms with van der Waals surface area (Å²) in [6.07, 6.45) is 4.94. The first-order valence-electron chi connectivity index (χ1n) is 4.06. The molecule has 0 aliphatic heterocycles. The Morgan fingerprint density at radius 2 is 2.00 bits per heavy atom. The van der Waals surface area contributed by atoms with Crippen molar-refractivity contribution in [3.63, 3.8) is 0 Å². The van der Waals surface area contributed by atoms with Gasteiger partial charge in [0.15, 0.2) is 0 Å². The van der Waals surface area contributed by atoms with Crippen LogP contribution in [0.5, 0.6) is 0 Å². The average Bonchev–Trinajstić information content (AvgIpc) is 2.44. The van der Waals surface area contributed by atoms with Gasteiger partial charge in [-0.05, 0) is 31.1 Å². The van der Waals surface area contributed by atoms with Crippen LogP contribution in [-0.4, -0.2) is 5.91 Å². The topological polar surface area (TPSA) is 43.1 Å². The van der Waals surface area contributed by atoms with Gasteiger partial charge in [-0.3, -0.25) is 4.79 Å². The molecule has 2 N–H and O–H groups in total. The molecule has 2 bridgehead atoms. The predicted octanol–water partition coefficient (Wildman–Crippen LogP) is 1.33. The summed E-state index contributed by atoms with van der Waals surface area (Å²) in [5.41, 5.74) is 5.25. The largest absolute Gasteiger partial charge is 0.369 e. The van der Waals surface area contributed by atoms with Crippen molar-refractivity contribution in [1.82, 2.24) is 0 Å². The van der Waals surface area contributed by atoms with Crippen LogP contribution in [0.15, 0.2) is 0 Å². The monoisotopic (exact) mass is 175 g/mol. The summed E-state index contributed by atoms with van der Waals surface area (Å²) in [6, 6.07) is 0. The fraction of sp³-hybridized carbons (Fsp3) is 0.875. The molecule has 2 nitrogen and oxygen atoms in total. The molecule has 0 radical (unpaired) electrons. The van der Waals surface area contributed by atoms with Gasteiger partial charge in [-0.1, -0.05) is 6.42 Å². The number of carbonyl (C=O) groups is 1. The fourth-order valence-electron chi connectivity index (χ4n) is 2.59. The second kappa shape index (κ2) is 3.02. The van der Waals surface area contributed by atoms with E-state index in [0.717, 1.165) is 12.3 Å². The molecule has 2 saturated carbocycles. The second-order valence-corrected chi connectivity index (χ2v) is 3.68. The SMILES string of the molecule is Cl.NC(=O)C1CC2CCC1C2. The Labute approximate surface area is 72.9 Å². The molecule has 11 heavy (non-hydrogen) atoms. The summed E-state index contributed by atoms with van der Waals surface area (Å²) in [6.45, 7) is 0. The minimum Gasteiger partial charge on any atom is -0.369 e. The first-order valence-corrected chi connectivity index (χ1v) is 4.06. The van der Waals surface area contributed by atoms with Crippen molar-refractivity contribution in [1.29, 1.82) is 0 Å². The van der Waals surface area contributed by atoms with Crippen molar-refractivity contribution in [2.24, 2.45) is 23.5 Å². The fourth-order valence-corrected chi connectivity index (χ4v) is 2.59. The van der Waals surface area contributed by atoms with Gasteiger partial charge in [0.25, 0.3) is 0 Å². The van der Waals surface area contributed by atoms with Gasteiger partial charge in [-0.2, -0.15) is 0 Å². The summed E-state index contributed by atoms with van der Waals surface area (Å²) in [7, 11) is 0. The lowest BCUT2D eigenvalue weighted by atomic mass is 9.88. The normalized spacial score (nSPS) is 40.2. The highest BCUT2D eigenvalue weighted by molar-refractivity contribution is 5.85. The van der Waals surface area contributed by atoms with E-state index in [1.54, 1.807) is 0 Å². The molecule has 3 atom stereocenters. The smallest absolute Gasteiger partial charge is 0.220 e. The molecule has 2 rings (SSSR count). The van der Waals surface area contributed by atoms with Crippen LogP contribution < -0.4 is 5.73 Å². The van der Waals surface area contributed by atoms with Gasteiger partial charge in [0.2, 0.25) is 5.91 Å². The van der Waals surface area contributed by atoms with Crippen LogP contribution in [-0.2, 0) is 4.79 Å². The van der Waals surface area contributed by atoms with Gasteiger partial charge in [-0.25, -0.2) is 0 Å². The summed E-state index contributed by atoms with van der Waals surface area (Å²) in [5, 5.41) is 0. The van der Waals surface area contributed by atoms with E-state index in [1.807, 2.05) is 0 Å². The standard InChI is InChI=1S/C8H13NO.ClH/c9-8(10)7-4-5-1-2-6(7)3-5;/h5-7H,1-4H2,(H2,9,10);1H. The minimum absolute atomic E-state index is 0. The molecule has 2 aliphatic carbocycles. The van der Waals surface area contributed by atoms with Gasteiger partial charge in [0, 0.05) is 5.92 Å². The molecule has 3 unspecified atom stereocenters. The molecular weight excluding hydrogens is 162 g/mol. The zero-order valence-electron chi connectivity index (χ0n) is 6.45. The highest BCUT2D eigenvalue weighted by Crippen LogP contribution is 2.47. The Morgan fingerprint density at radius 3 is 2.27 bits per heavy atom. The summed E-state index contributed by atoms with van der Waals surface area (Å²) in [5.74, 6) is 1.66. The van der Waals surface area contributed by atoms with Crippen LogP contribution in [0.3, 0.4) is 0 Å². The van der Waals surface area contributed by atoms with Gasteiger partial charge < -0.3 is 5.73 Å². The van der Waals surface area contributed by atoms with Crippen LogP contribution >= 0.6 is 12.4 Å². The number of amides is 1. The summed E-state index contributed by atoms with van der Waals surface area (Å²) < 4.78 is 0. The Morgan fingerprint density at radius 1 is 1.27 bits per heavy atom. The van der Waals surface area contributed by atoms with Gasteiger partial charge in [-0.15, -0.1) is 12.4 Å². The number of carbonyl (C=O) groups excluding carboxylic acids is 1. The summed E-state index contributed by atoms with van der Waals surface area (Å²) >= 11 is 0. The molecule has 0 aromatic rings. The van der Waals surface area contributed by atoms with Crippen molar-refractivity contribution in [3.8, 4) is 0 Å². The molecule has 2 fully saturated rings. The van der Waals surface area contributed by atoms with Crippen LogP contribution in [0.25, 0.3) is 0 Å². The van der Waals surface area contributed by atoms with Gasteiger partial charge >= 0.3 is 0 Å². The third-order valence-electron chi connectivity index (χ3n) is 3.10. The van der Waals surface area contributed by atoms with E-state index in [9.17, 15) is 4.79 Å². The molecule has 0 aromatic carbocycles. The van der Waals surface area contributed by atoms with Crippen LogP contribution in [0.4, 0.5) is 0 Å². The molecule has 2 aliphatic rings. The Hall–Kier alpha value is -0.240. The van der Waals surface area contributed by atoms with Crippen molar-refractivity contribution in [2.45, 2.75) is 25.7 Å². The number of nitrogens with two attached hydrogens (primary N) is 1. The highest BCUT2D eigenvalue weighted by atomic mass is 35.5. The molecule has 0 saturated heterocycles. The molecule has 3 heteroatoms. The Kier molecular flexibility index (Phi) is 2.43. The van der Waals surface area contributed by atoms with Crippen molar-refractivity contribution in [3.05, 3.63) is 0 Å². The first-order chi connectivity index (χ1) is 4.77. The second-order valence-electron chi connectivity index (χ2n) is 3.68. The van der Waals surface area contributed by atoms with E-state index in [2.05, 4.69) is 0 Å². The van der Waals surface area contributed by atoms with E-state index in [0.29, 0.717) is 5.92 Å². The zero-order valence-corrected chi connectivity index (χ0v) is 7.27. The quantitative estimate of drug-likeness (QED) is 0.642. The van der Waals surface area contributed by atoms with Crippen LogP contribution in [0.2, 0.25) is 0 Å². The maximum absolute atomic E-state index is 10.8. The molecule has 1 amide bonds. The molecule has 64 valence electrons. The van der Waals surface area contributed by atoms with Gasteiger partial charge in [0.05, 0.1) is 0 Å². The first kappa shape index (κ1) is 8.85. The van der Waals surface area contributed by atoms with E-state index >= 15 is 0 Å².